The van der Waals surface area contributed by atoms with Crippen LogP contribution in [0.1, 0.15) is 5.69 Å². The standard InChI is InChI=1S/C15H12FN5/c1-9-7-21-8-11(3-12(16)15(21)19-9)10-4-14-13(17-5-10)6-18-20(14)2/h3-8H,1-2H3. The van der Waals surface area contributed by atoms with Crippen molar-refractivity contribution in [3.63, 3.8) is 0 Å². The van der Waals surface area contributed by atoms with Crippen LogP contribution in [-0.2, 0) is 7.05 Å². The highest BCUT2D eigenvalue weighted by Gasteiger charge is 2.10. The van der Waals surface area contributed by atoms with E-state index in [9.17, 15) is 4.39 Å². The maximum atomic E-state index is 14.2. The van der Waals surface area contributed by atoms with Gasteiger partial charge in [0.2, 0.25) is 0 Å². The first-order valence-corrected chi connectivity index (χ1v) is 6.55. The summed E-state index contributed by atoms with van der Waals surface area (Å²) in [4.78, 5) is 8.52. The molecule has 4 rings (SSSR count). The van der Waals surface area contributed by atoms with E-state index in [0.717, 1.165) is 27.9 Å². The van der Waals surface area contributed by atoms with E-state index in [0.29, 0.717) is 5.65 Å². The van der Waals surface area contributed by atoms with E-state index >= 15 is 0 Å². The van der Waals surface area contributed by atoms with Crippen LogP contribution in [-0.4, -0.2) is 24.1 Å². The van der Waals surface area contributed by atoms with Crippen LogP contribution in [0.3, 0.4) is 0 Å². The van der Waals surface area contributed by atoms with E-state index < -0.39 is 0 Å². The number of nitrogens with zero attached hydrogens (tertiary/aromatic N) is 5. The monoisotopic (exact) mass is 281 g/mol. The zero-order valence-electron chi connectivity index (χ0n) is 11.6. The van der Waals surface area contributed by atoms with Gasteiger partial charge in [-0.15, -0.1) is 0 Å². The molecule has 0 bridgehead atoms. The summed E-state index contributed by atoms with van der Waals surface area (Å²) in [6.45, 7) is 1.84. The molecule has 104 valence electrons. The van der Waals surface area contributed by atoms with Gasteiger partial charge >= 0.3 is 0 Å². The average Bonchev–Trinajstić information content (AvgIpc) is 3.02. The van der Waals surface area contributed by atoms with Crippen molar-refractivity contribution in [1.29, 1.82) is 0 Å². The molecule has 0 N–H and O–H groups in total. The Morgan fingerprint density at radius 2 is 1.95 bits per heavy atom. The number of hydrogen-bond donors (Lipinski definition) is 0. The van der Waals surface area contributed by atoms with Gasteiger partial charge in [0.05, 0.1) is 17.4 Å². The Balaban J connectivity index is 1.96. The van der Waals surface area contributed by atoms with Gasteiger partial charge in [-0.3, -0.25) is 9.67 Å². The Bertz CT molecular complexity index is 982. The Labute approximate surface area is 119 Å². The number of pyridine rings is 2. The van der Waals surface area contributed by atoms with Crippen LogP contribution in [0.2, 0.25) is 0 Å². The van der Waals surface area contributed by atoms with Gasteiger partial charge in [0, 0.05) is 36.8 Å². The zero-order chi connectivity index (χ0) is 14.6. The molecule has 0 saturated heterocycles. The summed E-state index contributed by atoms with van der Waals surface area (Å²) in [5, 5.41) is 4.17. The van der Waals surface area contributed by atoms with Gasteiger partial charge in [0.15, 0.2) is 11.5 Å². The molecule has 0 spiro atoms. The fourth-order valence-electron chi connectivity index (χ4n) is 2.52. The second kappa shape index (κ2) is 4.12. The SMILES string of the molecule is Cc1cn2cc(-c3cnc4cnn(C)c4c3)cc(F)c2n1. The van der Waals surface area contributed by atoms with Gasteiger partial charge in [0.25, 0.3) is 0 Å². The van der Waals surface area contributed by atoms with Crippen molar-refractivity contribution in [1.82, 2.24) is 24.1 Å². The van der Waals surface area contributed by atoms with Crippen LogP contribution >= 0.6 is 0 Å². The molecule has 0 aromatic carbocycles. The van der Waals surface area contributed by atoms with Crippen LogP contribution in [0.15, 0.2) is 36.9 Å². The van der Waals surface area contributed by atoms with Crippen LogP contribution in [0.4, 0.5) is 4.39 Å². The minimum absolute atomic E-state index is 0.339. The van der Waals surface area contributed by atoms with E-state index in [4.69, 9.17) is 0 Å². The summed E-state index contributed by atoms with van der Waals surface area (Å²) in [7, 11) is 1.86. The summed E-state index contributed by atoms with van der Waals surface area (Å²) in [6.07, 6.45) is 7.10. The minimum atomic E-state index is -0.342. The normalized spacial score (nSPS) is 11.6. The fourth-order valence-corrected chi connectivity index (χ4v) is 2.52. The summed E-state index contributed by atoms with van der Waals surface area (Å²) in [5.41, 5.74) is 4.46. The Morgan fingerprint density at radius 1 is 1.10 bits per heavy atom. The Kier molecular flexibility index (Phi) is 2.35. The van der Waals surface area contributed by atoms with Gasteiger partial charge in [-0.05, 0) is 19.1 Å². The number of halogens is 1. The van der Waals surface area contributed by atoms with Gasteiger partial charge < -0.3 is 4.40 Å². The van der Waals surface area contributed by atoms with Crippen molar-refractivity contribution in [3.05, 3.63) is 48.4 Å². The first kappa shape index (κ1) is 12.0. The van der Waals surface area contributed by atoms with Crippen LogP contribution in [0.5, 0.6) is 0 Å². The number of hydrogen-bond acceptors (Lipinski definition) is 3. The largest absolute Gasteiger partial charge is 0.304 e. The number of fused-ring (bicyclic) bond motifs is 2. The molecule has 6 heteroatoms. The van der Waals surface area contributed by atoms with Crippen LogP contribution < -0.4 is 0 Å². The second-order valence-electron chi connectivity index (χ2n) is 5.09. The molecule has 0 radical (unpaired) electrons. The molecule has 21 heavy (non-hydrogen) atoms. The average molecular weight is 281 g/mol. The van der Waals surface area contributed by atoms with Crippen molar-refractivity contribution in [2.75, 3.05) is 0 Å². The Morgan fingerprint density at radius 3 is 2.81 bits per heavy atom. The number of aromatic nitrogens is 5. The Hall–Kier alpha value is -2.76. The lowest BCUT2D eigenvalue weighted by Gasteiger charge is -2.04. The quantitative estimate of drug-likeness (QED) is 0.539. The van der Waals surface area contributed by atoms with E-state index in [1.165, 1.54) is 6.07 Å². The molecular formula is C15H12FN5. The zero-order valence-corrected chi connectivity index (χ0v) is 11.6. The second-order valence-corrected chi connectivity index (χ2v) is 5.09. The molecule has 0 fully saturated rings. The van der Waals surface area contributed by atoms with E-state index in [2.05, 4.69) is 15.1 Å². The van der Waals surface area contributed by atoms with Gasteiger partial charge in [0.1, 0.15) is 5.52 Å². The summed E-state index contributed by atoms with van der Waals surface area (Å²) in [5.74, 6) is -0.342. The van der Waals surface area contributed by atoms with Crippen molar-refractivity contribution in [2.24, 2.45) is 7.05 Å². The molecular weight excluding hydrogens is 269 g/mol. The topological polar surface area (TPSA) is 48.0 Å². The first-order chi connectivity index (χ1) is 10.1. The fraction of sp³-hybridized carbons (Fsp3) is 0.133. The predicted molar refractivity (Wildman–Crippen MR) is 77.4 cm³/mol. The highest BCUT2D eigenvalue weighted by molar-refractivity contribution is 5.80. The van der Waals surface area contributed by atoms with Crippen molar-refractivity contribution in [2.45, 2.75) is 6.92 Å². The van der Waals surface area contributed by atoms with Crippen molar-refractivity contribution < 1.29 is 4.39 Å². The van der Waals surface area contributed by atoms with Crippen LogP contribution in [0, 0.1) is 12.7 Å². The third kappa shape index (κ3) is 1.79. The van der Waals surface area contributed by atoms with Gasteiger partial charge in [-0.25, -0.2) is 9.37 Å². The molecule has 0 saturated carbocycles. The van der Waals surface area contributed by atoms with E-state index in [1.54, 1.807) is 27.7 Å². The lowest BCUT2D eigenvalue weighted by Crippen LogP contribution is -1.93. The molecule has 0 aliphatic heterocycles. The van der Waals surface area contributed by atoms with E-state index in [1.807, 2.05) is 26.2 Å². The molecule has 0 aliphatic rings. The predicted octanol–water partition coefficient (Wildman–Crippen LogP) is 2.73. The summed E-state index contributed by atoms with van der Waals surface area (Å²) >= 11 is 0. The van der Waals surface area contributed by atoms with Gasteiger partial charge in [-0.2, -0.15) is 5.10 Å². The van der Waals surface area contributed by atoms with Crippen molar-refractivity contribution >= 4 is 16.7 Å². The maximum absolute atomic E-state index is 14.2. The third-order valence-corrected chi connectivity index (χ3v) is 3.56. The number of rotatable bonds is 1. The molecule has 0 unspecified atom stereocenters. The highest BCUT2D eigenvalue weighted by atomic mass is 19.1. The third-order valence-electron chi connectivity index (χ3n) is 3.56. The highest BCUT2D eigenvalue weighted by Crippen LogP contribution is 2.24. The number of aryl methyl sites for hydroxylation is 2. The molecule has 4 heterocycles. The van der Waals surface area contributed by atoms with E-state index in [-0.39, 0.29) is 5.82 Å². The lowest BCUT2D eigenvalue weighted by atomic mass is 10.1. The van der Waals surface area contributed by atoms with Crippen LogP contribution in [0.25, 0.3) is 27.8 Å². The maximum Gasteiger partial charge on any atom is 0.173 e. The lowest BCUT2D eigenvalue weighted by molar-refractivity contribution is 0.630. The molecule has 0 aliphatic carbocycles. The number of imidazole rings is 1. The molecule has 5 nitrogen and oxygen atoms in total. The first-order valence-electron chi connectivity index (χ1n) is 6.55. The molecule has 4 aromatic rings. The van der Waals surface area contributed by atoms with Gasteiger partial charge in [-0.1, -0.05) is 0 Å². The summed E-state index contributed by atoms with van der Waals surface area (Å²) < 4.78 is 17.6. The smallest absolute Gasteiger partial charge is 0.173 e. The van der Waals surface area contributed by atoms with Crippen molar-refractivity contribution in [3.8, 4) is 11.1 Å². The molecule has 0 atom stereocenters. The molecule has 0 amide bonds. The minimum Gasteiger partial charge on any atom is -0.304 e. The molecule has 4 aromatic heterocycles. The summed E-state index contributed by atoms with van der Waals surface area (Å²) in [6, 6.07) is 3.45.